The molecule has 0 unspecified atom stereocenters. The lowest BCUT2D eigenvalue weighted by Crippen LogP contribution is -2.59. The molecule has 0 aromatic carbocycles. The number of ether oxygens (including phenoxy) is 1. The van der Waals surface area contributed by atoms with Crippen molar-refractivity contribution in [2.24, 2.45) is 28.1 Å². The van der Waals surface area contributed by atoms with Gasteiger partial charge in [-0.1, -0.05) is 55.4 Å². The van der Waals surface area contributed by atoms with Crippen molar-refractivity contribution in [2.45, 2.75) is 67.5 Å². The van der Waals surface area contributed by atoms with E-state index in [1.165, 1.54) is 7.11 Å². The number of carbonyl (C=O) groups is 3. The Kier molecular flexibility index (Phi) is 4.97. The maximum Gasteiger partial charge on any atom is 0.328 e. The molecule has 1 saturated heterocycles. The molecule has 2 amide bonds. The Balaban J connectivity index is 2.28. The third-order valence-corrected chi connectivity index (χ3v) is 6.00. The second-order valence-corrected chi connectivity index (χ2v) is 10.4. The molecule has 1 aliphatic heterocycles. The largest absolute Gasteiger partial charge is 0.467 e. The minimum Gasteiger partial charge on any atom is -0.467 e. The zero-order valence-corrected chi connectivity index (χ0v) is 17.6. The van der Waals surface area contributed by atoms with E-state index in [9.17, 15) is 14.4 Å². The minimum absolute atomic E-state index is 0.0432. The molecule has 1 N–H and O–H groups in total. The third kappa shape index (κ3) is 3.47. The maximum absolute atomic E-state index is 13.4. The van der Waals surface area contributed by atoms with E-state index in [0.717, 1.165) is 0 Å². The number of nitrogens with one attached hydrogen (secondary N) is 1. The van der Waals surface area contributed by atoms with Gasteiger partial charge in [0.15, 0.2) is 0 Å². The molecule has 6 heteroatoms. The van der Waals surface area contributed by atoms with Gasteiger partial charge < -0.3 is 15.0 Å². The van der Waals surface area contributed by atoms with Gasteiger partial charge in [-0.15, -0.1) is 0 Å². The zero-order chi connectivity index (χ0) is 20.2. The van der Waals surface area contributed by atoms with Crippen LogP contribution in [0.1, 0.15) is 55.4 Å². The van der Waals surface area contributed by atoms with Crippen molar-refractivity contribution < 1.29 is 19.1 Å². The fourth-order valence-electron chi connectivity index (χ4n) is 4.07. The quantitative estimate of drug-likeness (QED) is 0.777. The topological polar surface area (TPSA) is 75.7 Å². The summed E-state index contributed by atoms with van der Waals surface area (Å²) >= 11 is 0. The molecule has 1 heterocycles. The number of esters is 1. The number of amides is 2. The lowest BCUT2D eigenvalue weighted by Gasteiger charge is -2.38. The van der Waals surface area contributed by atoms with Crippen LogP contribution in [0, 0.1) is 28.1 Å². The average molecular weight is 367 g/mol. The van der Waals surface area contributed by atoms with E-state index in [-0.39, 0.29) is 29.1 Å². The molecule has 4 atom stereocenters. The van der Waals surface area contributed by atoms with Gasteiger partial charge in [0.2, 0.25) is 11.8 Å². The van der Waals surface area contributed by atoms with Crippen LogP contribution in [0.15, 0.2) is 0 Å². The number of hydrogen-bond acceptors (Lipinski definition) is 4. The summed E-state index contributed by atoms with van der Waals surface area (Å²) in [5, 5.41) is 2.92. The van der Waals surface area contributed by atoms with Crippen LogP contribution in [-0.4, -0.2) is 48.4 Å². The Morgan fingerprint density at radius 2 is 1.65 bits per heavy atom. The SMILES string of the molecule is COC(=O)[C@@H]1[C@@H]2[C@H](CN1C(=O)[C@@H](NC(=O)C(C)(C)C)C(C)(C)C)C2(C)C. The van der Waals surface area contributed by atoms with E-state index in [1.54, 1.807) is 4.90 Å². The highest BCUT2D eigenvalue weighted by Gasteiger charge is 2.70. The molecular weight excluding hydrogens is 332 g/mol. The highest BCUT2D eigenvalue weighted by Crippen LogP contribution is 2.65. The highest BCUT2D eigenvalue weighted by molar-refractivity contribution is 5.93. The summed E-state index contributed by atoms with van der Waals surface area (Å²) in [7, 11) is 1.36. The first-order chi connectivity index (χ1) is 11.6. The third-order valence-electron chi connectivity index (χ3n) is 6.00. The van der Waals surface area contributed by atoms with Crippen LogP contribution in [0.5, 0.6) is 0 Å². The molecule has 148 valence electrons. The van der Waals surface area contributed by atoms with Crippen LogP contribution in [0.25, 0.3) is 0 Å². The van der Waals surface area contributed by atoms with Gasteiger partial charge in [0.05, 0.1) is 7.11 Å². The summed E-state index contributed by atoms with van der Waals surface area (Å²) in [5.41, 5.74) is -1.02. The molecule has 2 rings (SSSR count). The number of fused-ring (bicyclic) bond motifs is 1. The Morgan fingerprint density at radius 1 is 1.12 bits per heavy atom. The minimum atomic E-state index is -0.693. The lowest BCUT2D eigenvalue weighted by atomic mass is 9.84. The summed E-state index contributed by atoms with van der Waals surface area (Å²) in [5.74, 6) is -0.322. The molecule has 1 aliphatic carbocycles. The maximum atomic E-state index is 13.4. The summed E-state index contributed by atoms with van der Waals surface area (Å²) in [6.45, 7) is 16.0. The number of carbonyl (C=O) groups excluding carboxylic acids is 3. The lowest BCUT2D eigenvalue weighted by molar-refractivity contribution is -0.155. The molecular formula is C20H34N2O4. The van der Waals surface area contributed by atoms with Gasteiger partial charge in [0.1, 0.15) is 12.1 Å². The number of rotatable bonds is 3. The van der Waals surface area contributed by atoms with E-state index in [2.05, 4.69) is 19.2 Å². The second kappa shape index (κ2) is 6.24. The Labute approximate surface area is 157 Å². The molecule has 0 spiro atoms. The number of nitrogens with zero attached hydrogens (tertiary/aromatic N) is 1. The molecule has 0 radical (unpaired) electrons. The highest BCUT2D eigenvalue weighted by atomic mass is 16.5. The summed E-state index contributed by atoms with van der Waals surface area (Å²) in [4.78, 5) is 39.9. The Morgan fingerprint density at radius 3 is 2.08 bits per heavy atom. The van der Waals surface area contributed by atoms with Crippen LogP contribution >= 0.6 is 0 Å². The van der Waals surface area contributed by atoms with Crippen molar-refractivity contribution in [3.8, 4) is 0 Å². The van der Waals surface area contributed by atoms with Gasteiger partial charge in [-0.25, -0.2) is 4.79 Å². The van der Waals surface area contributed by atoms with E-state index >= 15 is 0 Å². The van der Waals surface area contributed by atoms with E-state index < -0.39 is 22.9 Å². The average Bonchev–Trinajstić information content (AvgIpc) is 2.85. The summed E-state index contributed by atoms with van der Waals surface area (Å²) in [6, 6.07) is -1.26. The van der Waals surface area contributed by atoms with Gasteiger partial charge in [-0.3, -0.25) is 9.59 Å². The fraction of sp³-hybridized carbons (Fsp3) is 0.850. The van der Waals surface area contributed by atoms with E-state index in [1.807, 2.05) is 41.5 Å². The summed E-state index contributed by atoms with van der Waals surface area (Å²) < 4.78 is 4.99. The molecule has 0 aromatic rings. The van der Waals surface area contributed by atoms with Crippen LogP contribution in [0.3, 0.4) is 0 Å². The molecule has 2 fully saturated rings. The van der Waals surface area contributed by atoms with Crippen LogP contribution < -0.4 is 5.32 Å². The van der Waals surface area contributed by atoms with Gasteiger partial charge >= 0.3 is 5.97 Å². The van der Waals surface area contributed by atoms with Crippen LogP contribution in [0.2, 0.25) is 0 Å². The van der Waals surface area contributed by atoms with Crippen molar-refractivity contribution in [3.63, 3.8) is 0 Å². The van der Waals surface area contributed by atoms with Crippen molar-refractivity contribution in [2.75, 3.05) is 13.7 Å². The number of piperidine rings is 1. The smallest absolute Gasteiger partial charge is 0.328 e. The standard InChI is InChI=1S/C20H34N2O4/c1-18(2,3)14(21-17(25)19(4,5)6)15(23)22-10-11-12(20(11,7)8)13(22)16(24)26-9/h11-14H,10H2,1-9H3,(H,21,25)/t11-,12-,13-,14+/m0/s1. The van der Waals surface area contributed by atoms with Gasteiger partial charge in [0.25, 0.3) is 0 Å². The van der Waals surface area contributed by atoms with Crippen LogP contribution in [-0.2, 0) is 19.1 Å². The first kappa shape index (κ1) is 20.7. The van der Waals surface area contributed by atoms with Crippen molar-refractivity contribution in [1.29, 1.82) is 0 Å². The van der Waals surface area contributed by atoms with Gasteiger partial charge in [-0.05, 0) is 16.7 Å². The fourth-order valence-corrected chi connectivity index (χ4v) is 4.07. The normalized spacial score (nSPS) is 28.2. The number of methoxy groups -OCH3 is 1. The molecule has 0 bridgehead atoms. The summed E-state index contributed by atoms with van der Waals surface area (Å²) in [6.07, 6.45) is 0. The molecule has 26 heavy (non-hydrogen) atoms. The van der Waals surface area contributed by atoms with Crippen molar-refractivity contribution in [3.05, 3.63) is 0 Å². The Hall–Kier alpha value is -1.59. The molecule has 6 nitrogen and oxygen atoms in total. The zero-order valence-electron chi connectivity index (χ0n) is 17.6. The Bertz CT molecular complexity index is 612. The second-order valence-electron chi connectivity index (χ2n) is 10.4. The molecule has 0 aromatic heterocycles. The number of likely N-dealkylation sites (tertiary alicyclic amines) is 1. The predicted octanol–water partition coefficient (Wildman–Crippen LogP) is 2.22. The first-order valence-corrected chi connectivity index (χ1v) is 9.33. The number of hydrogen-bond donors (Lipinski definition) is 1. The molecule has 2 aliphatic rings. The first-order valence-electron chi connectivity index (χ1n) is 9.33. The van der Waals surface area contributed by atoms with Crippen LogP contribution in [0.4, 0.5) is 0 Å². The van der Waals surface area contributed by atoms with E-state index in [4.69, 9.17) is 4.74 Å². The monoisotopic (exact) mass is 366 g/mol. The van der Waals surface area contributed by atoms with Gasteiger partial charge in [0, 0.05) is 17.9 Å². The van der Waals surface area contributed by atoms with Crippen molar-refractivity contribution >= 4 is 17.8 Å². The van der Waals surface area contributed by atoms with E-state index in [0.29, 0.717) is 12.5 Å². The van der Waals surface area contributed by atoms with Crippen molar-refractivity contribution in [1.82, 2.24) is 10.2 Å². The predicted molar refractivity (Wildman–Crippen MR) is 99.1 cm³/mol. The molecule has 1 saturated carbocycles. The van der Waals surface area contributed by atoms with Gasteiger partial charge in [-0.2, -0.15) is 0 Å².